The second kappa shape index (κ2) is 9.80. The summed E-state index contributed by atoms with van der Waals surface area (Å²) < 4.78 is 4.93. The number of benzene rings is 2. The number of rotatable bonds is 4. The first-order chi connectivity index (χ1) is 17.6. The summed E-state index contributed by atoms with van der Waals surface area (Å²) in [5.41, 5.74) is 8.94. The molecule has 2 aliphatic rings. The molecule has 6 rings (SSSR count). The second-order valence-corrected chi connectivity index (χ2v) is 11.1. The molecule has 0 bridgehead atoms. The lowest BCUT2D eigenvalue weighted by Gasteiger charge is -2.27. The fourth-order valence-corrected chi connectivity index (χ4v) is 6.83. The van der Waals surface area contributed by atoms with Gasteiger partial charge >= 0.3 is 0 Å². The number of aromatic nitrogens is 4. The molecule has 0 unspecified atom stereocenters. The number of hydrogen-bond donors (Lipinski definition) is 0. The van der Waals surface area contributed by atoms with Crippen molar-refractivity contribution in [2.45, 2.75) is 89.9 Å². The summed E-state index contributed by atoms with van der Waals surface area (Å²) in [6, 6.07) is 17.7. The Morgan fingerprint density at radius 2 is 1.28 bits per heavy atom. The van der Waals surface area contributed by atoms with Crippen LogP contribution in [0.2, 0.25) is 0 Å². The molecule has 2 saturated carbocycles. The van der Waals surface area contributed by atoms with Gasteiger partial charge in [0.05, 0.1) is 24.0 Å². The van der Waals surface area contributed by atoms with Crippen molar-refractivity contribution in [1.82, 2.24) is 14.5 Å². The van der Waals surface area contributed by atoms with Gasteiger partial charge in [-0.05, 0) is 63.3 Å². The summed E-state index contributed by atoms with van der Waals surface area (Å²) in [4.78, 5) is 10.5. The van der Waals surface area contributed by atoms with E-state index in [1.54, 1.807) is 0 Å². The first-order valence-corrected chi connectivity index (χ1v) is 14.1. The number of aryl methyl sites for hydroxylation is 3. The molecular formula is C32H39N4+. The van der Waals surface area contributed by atoms with Gasteiger partial charge in [-0.2, -0.15) is 4.57 Å². The zero-order valence-electron chi connectivity index (χ0n) is 22.1. The van der Waals surface area contributed by atoms with Gasteiger partial charge in [-0.1, -0.05) is 68.9 Å². The lowest BCUT2D eigenvalue weighted by molar-refractivity contribution is -0.633. The zero-order chi connectivity index (χ0) is 24.6. The standard InChI is InChI=1S/C32H39N4/c1-22-14-10-11-19-26(22)32-35(3)27-20-12-13-21-28(27)36(32)31-29(24-15-6-4-7-16-24)33-23(2)34-30(31)25-17-8-5-9-18-25/h10-14,19-21,24-25H,4-9,15-18H2,1-3H3/q+1. The predicted molar refractivity (Wildman–Crippen MR) is 147 cm³/mol. The molecule has 2 aromatic carbocycles. The minimum atomic E-state index is 0.508. The van der Waals surface area contributed by atoms with Crippen LogP contribution in [0.3, 0.4) is 0 Å². The molecule has 0 aliphatic heterocycles. The third kappa shape index (κ3) is 4.05. The van der Waals surface area contributed by atoms with Crippen LogP contribution in [-0.4, -0.2) is 14.5 Å². The SMILES string of the molecule is Cc1nc(C2CCCCC2)c(-n2c(-c3ccccc3C)[n+](C)c3ccccc32)c(C2CCCCC2)n1. The van der Waals surface area contributed by atoms with Crippen molar-refractivity contribution in [3.8, 4) is 17.1 Å². The average molecular weight is 480 g/mol. The Hall–Kier alpha value is -3.01. The van der Waals surface area contributed by atoms with Gasteiger partial charge in [0.2, 0.25) is 0 Å². The van der Waals surface area contributed by atoms with Crippen LogP contribution in [0.1, 0.15) is 98.8 Å². The second-order valence-electron chi connectivity index (χ2n) is 11.1. The van der Waals surface area contributed by atoms with Crippen LogP contribution in [0, 0.1) is 13.8 Å². The van der Waals surface area contributed by atoms with E-state index < -0.39 is 0 Å². The van der Waals surface area contributed by atoms with Crippen molar-refractivity contribution in [2.24, 2.45) is 7.05 Å². The van der Waals surface area contributed by atoms with E-state index in [1.807, 2.05) is 0 Å². The van der Waals surface area contributed by atoms with Crippen molar-refractivity contribution in [1.29, 1.82) is 0 Å². The first kappa shape index (κ1) is 23.4. The monoisotopic (exact) mass is 479 g/mol. The topological polar surface area (TPSA) is 34.6 Å². The van der Waals surface area contributed by atoms with Gasteiger partial charge in [-0.15, -0.1) is 0 Å². The van der Waals surface area contributed by atoms with Gasteiger partial charge < -0.3 is 0 Å². The van der Waals surface area contributed by atoms with Crippen LogP contribution in [0.25, 0.3) is 28.1 Å². The lowest BCUT2D eigenvalue weighted by Crippen LogP contribution is -2.31. The minimum absolute atomic E-state index is 0.508. The molecule has 4 nitrogen and oxygen atoms in total. The highest BCUT2D eigenvalue weighted by Gasteiger charge is 2.36. The molecule has 36 heavy (non-hydrogen) atoms. The maximum atomic E-state index is 5.26. The molecule has 0 spiro atoms. The van der Waals surface area contributed by atoms with Crippen LogP contribution in [0.5, 0.6) is 0 Å². The third-order valence-corrected chi connectivity index (χ3v) is 8.66. The Balaban J connectivity index is 1.72. The van der Waals surface area contributed by atoms with Gasteiger partial charge in [0.1, 0.15) is 5.82 Å². The van der Waals surface area contributed by atoms with E-state index in [0.717, 1.165) is 5.82 Å². The van der Waals surface area contributed by atoms with Crippen molar-refractivity contribution < 1.29 is 4.57 Å². The van der Waals surface area contributed by atoms with E-state index in [1.165, 1.54) is 109 Å². The van der Waals surface area contributed by atoms with E-state index in [2.05, 4.69) is 78.6 Å². The fourth-order valence-electron chi connectivity index (χ4n) is 6.83. The number of hydrogen-bond acceptors (Lipinski definition) is 2. The fraction of sp³-hybridized carbons (Fsp3) is 0.469. The molecule has 2 aromatic heterocycles. The Labute approximate surface area is 215 Å². The van der Waals surface area contributed by atoms with Crippen LogP contribution in [0.15, 0.2) is 48.5 Å². The largest absolute Gasteiger partial charge is 0.295 e. The summed E-state index contributed by atoms with van der Waals surface area (Å²) in [6.45, 7) is 4.34. The summed E-state index contributed by atoms with van der Waals surface area (Å²) in [5, 5.41) is 0. The van der Waals surface area contributed by atoms with Crippen molar-refractivity contribution >= 4 is 11.0 Å². The number of nitrogens with zero attached hydrogens (tertiary/aromatic N) is 4. The Morgan fingerprint density at radius 3 is 1.89 bits per heavy atom. The first-order valence-electron chi connectivity index (χ1n) is 14.1. The van der Waals surface area contributed by atoms with Crippen molar-refractivity contribution in [3.63, 3.8) is 0 Å². The Bertz CT molecular complexity index is 1350. The summed E-state index contributed by atoms with van der Waals surface area (Å²) in [5.74, 6) is 3.19. The molecule has 0 radical (unpaired) electrons. The van der Waals surface area contributed by atoms with Gasteiger partial charge in [0, 0.05) is 11.8 Å². The molecule has 2 fully saturated rings. The Kier molecular flexibility index (Phi) is 6.37. The Morgan fingerprint density at radius 1 is 0.722 bits per heavy atom. The van der Waals surface area contributed by atoms with Crippen LogP contribution in [0.4, 0.5) is 0 Å². The van der Waals surface area contributed by atoms with Gasteiger partial charge in [0.15, 0.2) is 16.7 Å². The molecular weight excluding hydrogens is 440 g/mol. The summed E-state index contributed by atoms with van der Waals surface area (Å²) in [6.07, 6.45) is 12.8. The van der Waals surface area contributed by atoms with E-state index in [0.29, 0.717) is 11.8 Å². The predicted octanol–water partition coefficient (Wildman–Crippen LogP) is 7.62. The van der Waals surface area contributed by atoms with Crippen molar-refractivity contribution in [3.05, 3.63) is 71.3 Å². The highest BCUT2D eigenvalue weighted by atomic mass is 15.2. The molecule has 4 heteroatoms. The van der Waals surface area contributed by atoms with Crippen LogP contribution in [-0.2, 0) is 7.05 Å². The average Bonchev–Trinajstić information content (AvgIpc) is 3.21. The normalized spacial score (nSPS) is 17.6. The van der Waals surface area contributed by atoms with Gasteiger partial charge in [-0.3, -0.25) is 0 Å². The molecule has 2 heterocycles. The van der Waals surface area contributed by atoms with E-state index in [9.17, 15) is 0 Å². The van der Waals surface area contributed by atoms with Crippen LogP contribution >= 0.6 is 0 Å². The van der Waals surface area contributed by atoms with E-state index in [4.69, 9.17) is 9.97 Å². The van der Waals surface area contributed by atoms with Gasteiger partial charge in [0.25, 0.3) is 5.82 Å². The maximum absolute atomic E-state index is 5.26. The van der Waals surface area contributed by atoms with E-state index in [-0.39, 0.29) is 0 Å². The number of fused-ring (bicyclic) bond motifs is 1. The number of para-hydroxylation sites is 2. The molecule has 0 N–H and O–H groups in total. The molecule has 186 valence electrons. The van der Waals surface area contributed by atoms with Crippen molar-refractivity contribution in [2.75, 3.05) is 0 Å². The third-order valence-electron chi connectivity index (χ3n) is 8.66. The highest BCUT2D eigenvalue weighted by Crippen LogP contribution is 2.43. The van der Waals surface area contributed by atoms with Crippen LogP contribution < -0.4 is 4.57 Å². The quantitative estimate of drug-likeness (QED) is 0.282. The summed E-state index contributed by atoms with van der Waals surface area (Å²) >= 11 is 0. The summed E-state index contributed by atoms with van der Waals surface area (Å²) in [7, 11) is 2.22. The maximum Gasteiger partial charge on any atom is 0.295 e. The molecule has 4 aromatic rings. The molecule has 0 saturated heterocycles. The minimum Gasteiger partial charge on any atom is -0.233 e. The van der Waals surface area contributed by atoms with Gasteiger partial charge in [-0.25, -0.2) is 14.5 Å². The smallest absolute Gasteiger partial charge is 0.233 e. The molecule has 0 atom stereocenters. The lowest BCUT2D eigenvalue weighted by atomic mass is 9.82. The highest BCUT2D eigenvalue weighted by molar-refractivity contribution is 5.80. The van der Waals surface area contributed by atoms with E-state index >= 15 is 0 Å². The zero-order valence-corrected chi connectivity index (χ0v) is 22.1. The molecule has 0 amide bonds. The number of imidazole rings is 1. The molecule has 2 aliphatic carbocycles.